The molecule has 7 heteroatoms. The van der Waals surface area contributed by atoms with Crippen molar-refractivity contribution < 1.29 is 14.2 Å². The molecule has 0 aliphatic carbocycles. The van der Waals surface area contributed by atoms with Gasteiger partial charge < -0.3 is 14.2 Å². The minimum Gasteiger partial charge on any atom is -0.381 e. The smallest absolute Gasteiger partial charge is 0.162 e. The summed E-state index contributed by atoms with van der Waals surface area (Å²) in [5.41, 5.74) is 0.200. The second-order valence-electron chi connectivity index (χ2n) is 4.34. The lowest BCUT2D eigenvalue weighted by molar-refractivity contribution is -0.100. The van der Waals surface area contributed by atoms with E-state index < -0.39 is 5.60 Å². The molecule has 5 nitrogen and oxygen atoms in total. The first kappa shape index (κ1) is 15.1. The summed E-state index contributed by atoms with van der Waals surface area (Å²) in [6.07, 6.45) is 1.43. The molecule has 1 aromatic heterocycles. The largest absolute Gasteiger partial charge is 0.381 e. The highest BCUT2D eigenvalue weighted by atomic mass is 79.9. The Hall–Kier alpha value is -0.270. The van der Waals surface area contributed by atoms with Crippen LogP contribution in [0.1, 0.15) is 24.4 Å². The van der Waals surface area contributed by atoms with Crippen molar-refractivity contribution in [3.8, 4) is 0 Å². The summed E-state index contributed by atoms with van der Waals surface area (Å²) < 4.78 is 16.8. The Labute approximate surface area is 125 Å². The Kier molecular flexibility index (Phi) is 5.14. The van der Waals surface area contributed by atoms with E-state index in [-0.39, 0.29) is 0 Å². The van der Waals surface area contributed by atoms with Crippen LogP contribution >= 0.6 is 27.5 Å². The fraction of sp³-hybridized carbons (Fsp3) is 0.667. The minimum atomic E-state index is -0.523. The van der Waals surface area contributed by atoms with Crippen molar-refractivity contribution in [2.75, 3.05) is 27.4 Å². The van der Waals surface area contributed by atoms with Crippen molar-refractivity contribution in [2.24, 2.45) is 0 Å². The van der Waals surface area contributed by atoms with E-state index in [2.05, 4.69) is 25.9 Å². The first-order valence-electron chi connectivity index (χ1n) is 5.97. The minimum absolute atomic E-state index is 0.367. The fourth-order valence-corrected chi connectivity index (χ4v) is 2.60. The van der Waals surface area contributed by atoms with Gasteiger partial charge in [-0.1, -0.05) is 11.6 Å². The second kappa shape index (κ2) is 6.45. The Balaban J connectivity index is 2.42. The molecule has 1 aromatic rings. The van der Waals surface area contributed by atoms with Gasteiger partial charge >= 0.3 is 0 Å². The van der Waals surface area contributed by atoms with Crippen LogP contribution in [0.15, 0.2) is 4.47 Å². The molecule has 2 heterocycles. The van der Waals surface area contributed by atoms with Gasteiger partial charge in [-0.2, -0.15) is 0 Å². The van der Waals surface area contributed by atoms with Crippen molar-refractivity contribution in [2.45, 2.75) is 25.0 Å². The average Bonchev–Trinajstić information content (AvgIpc) is 2.44. The van der Waals surface area contributed by atoms with Gasteiger partial charge in [-0.25, -0.2) is 9.97 Å². The maximum Gasteiger partial charge on any atom is 0.162 e. The lowest BCUT2D eigenvalue weighted by Gasteiger charge is -2.34. The molecular formula is C12H16BrClN2O3. The third kappa shape index (κ3) is 3.08. The van der Waals surface area contributed by atoms with E-state index in [1.165, 1.54) is 0 Å². The van der Waals surface area contributed by atoms with Gasteiger partial charge in [0.15, 0.2) is 5.82 Å². The van der Waals surface area contributed by atoms with E-state index in [0.29, 0.717) is 48.1 Å². The van der Waals surface area contributed by atoms with Crippen LogP contribution in [0.3, 0.4) is 0 Å². The molecule has 106 valence electrons. The molecule has 0 spiro atoms. The number of nitrogens with zero attached hydrogens (tertiary/aromatic N) is 2. The van der Waals surface area contributed by atoms with E-state index in [0.717, 1.165) is 5.69 Å². The number of ether oxygens (including phenoxy) is 3. The Morgan fingerprint density at radius 2 is 2.00 bits per heavy atom. The van der Waals surface area contributed by atoms with Crippen LogP contribution in [-0.4, -0.2) is 37.4 Å². The van der Waals surface area contributed by atoms with Crippen LogP contribution < -0.4 is 0 Å². The quantitative estimate of drug-likeness (QED) is 0.781. The van der Waals surface area contributed by atoms with Crippen molar-refractivity contribution in [1.82, 2.24) is 9.97 Å². The van der Waals surface area contributed by atoms with Crippen molar-refractivity contribution in [1.29, 1.82) is 0 Å². The zero-order valence-corrected chi connectivity index (χ0v) is 13.3. The molecule has 0 aromatic carbocycles. The number of aromatic nitrogens is 2. The number of halogens is 2. The highest BCUT2D eigenvalue weighted by Gasteiger charge is 2.38. The highest BCUT2D eigenvalue weighted by Crippen LogP contribution is 2.35. The topological polar surface area (TPSA) is 53.5 Å². The summed E-state index contributed by atoms with van der Waals surface area (Å²) in [5.74, 6) is 0.596. The van der Waals surface area contributed by atoms with Gasteiger partial charge in [-0.3, -0.25) is 0 Å². The summed E-state index contributed by atoms with van der Waals surface area (Å²) in [5, 5.41) is 0.375. The number of rotatable bonds is 4. The maximum atomic E-state index is 6.15. The first-order valence-corrected chi connectivity index (χ1v) is 7.14. The molecule has 0 amide bonds. The maximum absolute atomic E-state index is 6.15. The van der Waals surface area contributed by atoms with E-state index in [4.69, 9.17) is 25.8 Å². The van der Waals surface area contributed by atoms with Crippen LogP contribution in [0.5, 0.6) is 0 Å². The van der Waals surface area contributed by atoms with Gasteiger partial charge in [0.25, 0.3) is 0 Å². The van der Waals surface area contributed by atoms with Gasteiger partial charge in [0.1, 0.15) is 10.8 Å². The van der Waals surface area contributed by atoms with Crippen LogP contribution in [0.25, 0.3) is 0 Å². The molecular weight excluding hydrogens is 336 g/mol. The van der Waals surface area contributed by atoms with Gasteiger partial charge in [0.05, 0.1) is 16.8 Å². The van der Waals surface area contributed by atoms with Gasteiger partial charge in [0, 0.05) is 40.3 Å². The fourth-order valence-electron chi connectivity index (χ4n) is 2.12. The van der Waals surface area contributed by atoms with Crippen LogP contribution in [0.4, 0.5) is 0 Å². The lowest BCUT2D eigenvalue weighted by atomic mass is 9.93. The first-order chi connectivity index (χ1) is 9.13. The molecule has 0 radical (unpaired) electrons. The molecule has 1 aliphatic rings. The summed E-state index contributed by atoms with van der Waals surface area (Å²) >= 11 is 9.53. The van der Waals surface area contributed by atoms with Crippen molar-refractivity contribution in [3.63, 3.8) is 0 Å². The number of hydrogen-bond donors (Lipinski definition) is 0. The van der Waals surface area contributed by atoms with Gasteiger partial charge in [-0.05, 0) is 15.9 Å². The van der Waals surface area contributed by atoms with Crippen molar-refractivity contribution >= 4 is 27.5 Å². The number of hydrogen-bond acceptors (Lipinski definition) is 5. The number of methoxy groups -OCH3 is 2. The summed E-state index contributed by atoms with van der Waals surface area (Å²) in [7, 11) is 3.28. The van der Waals surface area contributed by atoms with Gasteiger partial charge in [0.2, 0.25) is 0 Å². The zero-order valence-electron chi connectivity index (χ0n) is 10.9. The normalized spacial score (nSPS) is 18.5. The Bertz CT molecular complexity index is 453. The molecule has 1 aliphatic heterocycles. The van der Waals surface area contributed by atoms with Crippen LogP contribution in [-0.2, 0) is 26.4 Å². The Morgan fingerprint density at radius 1 is 1.32 bits per heavy atom. The predicted octanol–water partition coefficient (Wildman–Crippen LogP) is 2.69. The molecule has 1 fully saturated rings. The van der Waals surface area contributed by atoms with E-state index in [9.17, 15) is 0 Å². The SMILES string of the molecule is COCc1nc(C2(OC)CCOCC2)nc(Cl)c1Br. The van der Waals surface area contributed by atoms with Crippen LogP contribution in [0, 0.1) is 0 Å². The van der Waals surface area contributed by atoms with E-state index in [1.807, 2.05) is 0 Å². The standard InChI is InChI=1S/C12H16BrClN2O3/c1-17-7-8-9(13)10(14)16-11(15-8)12(18-2)3-5-19-6-4-12/h3-7H2,1-2H3. The Morgan fingerprint density at radius 3 is 2.58 bits per heavy atom. The molecule has 0 saturated carbocycles. The van der Waals surface area contributed by atoms with E-state index in [1.54, 1.807) is 14.2 Å². The molecule has 0 N–H and O–H groups in total. The molecule has 2 rings (SSSR count). The predicted molar refractivity (Wildman–Crippen MR) is 74.2 cm³/mol. The molecule has 1 saturated heterocycles. The molecule has 19 heavy (non-hydrogen) atoms. The van der Waals surface area contributed by atoms with Gasteiger partial charge in [-0.15, -0.1) is 0 Å². The van der Waals surface area contributed by atoms with E-state index >= 15 is 0 Å². The van der Waals surface area contributed by atoms with Crippen molar-refractivity contribution in [3.05, 3.63) is 21.1 Å². The monoisotopic (exact) mass is 350 g/mol. The third-order valence-corrected chi connectivity index (χ3v) is 4.59. The zero-order chi connectivity index (χ0) is 13.9. The van der Waals surface area contributed by atoms with Crippen LogP contribution in [0.2, 0.25) is 5.15 Å². The molecule has 0 bridgehead atoms. The highest BCUT2D eigenvalue weighted by molar-refractivity contribution is 9.10. The molecule has 0 unspecified atom stereocenters. The molecule has 0 atom stereocenters. The average molecular weight is 352 g/mol. The second-order valence-corrected chi connectivity index (χ2v) is 5.49. The summed E-state index contributed by atoms with van der Waals surface area (Å²) in [6.45, 7) is 1.63. The third-order valence-electron chi connectivity index (χ3n) is 3.26. The summed E-state index contributed by atoms with van der Waals surface area (Å²) in [6, 6.07) is 0. The lowest BCUT2D eigenvalue weighted by Crippen LogP contribution is -2.37. The summed E-state index contributed by atoms with van der Waals surface area (Å²) in [4.78, 5) is 8.90.